The van der Waals surface area contributed by atoms with E-state index in [4.69, 9.17) is 4.74 Å². The molecule has 1 aliphatic carbocycles. The third-order valence-electron chi connectivity index (χ3n) is 6.58. The maximum Gasteiger partial charge on any atom is 0.391 e. The molecule has 0 aromatic heterocycles. The molecule has 1 amide bonds. The van der Waals surface area contributed by atoms with E-state index in [-0.39, 0.29) is 37.2 Å². The summed E-state index contributed by atoms with van der Waals surface area (Å²) in [5.41, 5.74) is 0.750. The van der Waals surface area contributed by atoms with Crippen molar-refractivity contribution in [3.63, 3.8) is 0 Å². The number of ether oxygens (including phenoxy) is 1. The maximum atomic E-state index is 13.2. The molecule has 158 valence electrons. The molecule has 1 saturated carbocycles. The van der Waals surface area contributed by atoms with Crippen LogP contribution in [0.5, 0.6) is 0 Å². The number of nitrogens with zero attached hydrogens (tertiary/aromatic N) is 2. The highest BCUT2D eigenvalue weighted by Gasteiger charge is 2.46. The second-order valence-corrected chi connectivity index (χ2v) is 8.40. The van der Waals surface area contributed by atoms with E-state index in [9.17, 15) is 22.8 Å². The van der Waals surface area contributed by atoms with Gasteiger partial charge in [0.05, 0.1) is 5.92 Å². The Morgan fingerprint density at radius 3 is 2.57 bits per heavy atom. The molecule has 3 atom stereocenters. The molecular weight excluding hydrogens is 373 g/mol. The van der Waals surface area contributed by atoms with E-state index in [1.165, 1.54) is 0 Å². The maximum absolute atomic E-state index is 13.2. The monoisotopic (exact) mass is 402 g/mol. The summed E-state index contributed by atoms with van der Waals surface area (Å²) < 4.78 is 44.7. The molecule has 0 radical (unpaired) electrons. The van der Waals surface area contributed by atoms with Gasteiger partial charge in [-0.05, 0) is 57.9 Å². The van der Waals surface area contributed by atoms with Crippen LogP contribution in [0.4, 0.5) is 13.2 Å². The van der Waals surface area contributed by atoms with Crippen molar-refractivity contribution in [3.8, 4) is 0 Å². The number of amides is 1. The SMILES string of the molecule is C/C1=C(\C(=O)N2CCC3CCC(C(F)(F)F)CC3C2)CCN(C)CCOC1=O. The van der Waals surface area contributed by atoms with Gasteiger partial charge in [-0.1, -0.05) is 0 Å². The van der Waals surface area contributed by atoms with Gasteiger partial charge in [0.15, 0.2) is 0 Å². The highest BCUT2D eigenvalue weighted by atomic mass is 19.4. The number of likely N-dealkylation sites (N-methyl/N-ethyl adjacent to an activating group) is 1. The molecule has 3 unspecified atom stereocenters. The molecule has 8 heteroatoms. The van der Waals surface area contributed by atoms with Crippen LogP contribution >= 0.6 is 0 Å². The molecule has 2 fully saturated rings. The number of carbonyl (C=O) groups is 2. The summed E-state index contributed by atoms with van der Waals surface area (Å²) in [6.45, 7) is 4.00. The van der Waals surface area contributed by atoms with Crippen LogP contribution in [-0.2, 0) is 14.3 Å². The number of halogens is 3. The molecular formula is C20H29F3N2O3. The number of rotatable bonds is 1. The van der Waals surface area contributed by atoms with Crippen molar-refractivity contribution in [1.29, 1.82) is 0 Å². The third kappa shape index (κ3) is 4.70. The number of fused-ring (bicyclic) bond motifs is 1. The molecule has 1 saturated heterocycles. The van der Waals surface area contributed by atoms with Gasteiger partial charge < -0.3 is 14.5 Å². The Kier molecular flexibility index (Phi) is 6.37. The topological polar surface area (TPSA) is 49.9 Å². The Morgan fingerprint density at radius 1 is 1.11 bits per heavy atom. The van der Waals surface area contributed by atoms with Gasteiger partial charge in [-0.2, -0.15) is 13.2 Å². The molecule has 5 nitrogen and oxygen atoms in total. The Labute approximate surface area is 163 Å². The molecule has 3 aliphatic rings. The lowest BCUT2D eigenvalue weighted by Gasteiger charge is -2.44. The number of hydrogen-bond donors (Lipinski definition) is 0. The number of esters is 1. The Bertz CT molecular complexity index is 647. The molecule has 0 bridgehead atoms. The van der Waals surface area contributed by atoms with E-state index in [2.05, 4.69) is 0 Å². The van der Waals surface area contributed by atoms with Crippen LogP contribution in [0.1, 0.15) is 39.0 Å². The predicted octanol–water partition coefficient (Wildman–Crippen LogP) is 3.01. The fourth-order valence-corrected chi connectivity index (χ4v) is 4.69. The van der Waals surface area contributed by atoms with Crippen molar-refractivity contribution in [2.45, 2.75) is 45.2 Å². The lowest BCUT2D eigenvalue weighted by molar-refractivity contribution is -0.191. The number of carbonyl (C=O) groups excluding carboxylic acids is 2. The highest BCUT2D eigenvalue weighted by molar-refractivity contribution is 6.02. The lowest BCUT2D eigenvalue weighted by atomic mass is 9.70. The Balaban J connectivity index is 1.73. The molecule has 3 rings (SSSR count). The first kappa shape index (κ1) is 21.1. The lowest BCUT2D eigenvalue weighted by Crippen LogP contribution is -2.48. The fraction of sp³-hybridized carbons (Fsp3) is 0.800. The Morgan fingerprint density at radius 2 is 1.86 bits per heavy atom. The zero-order valence-corrected chi connectivity index (χ0v) is 16.6. The normalized spacial score (nSPS) is 33.4. The van der Waals surface area contributed by atoms with Crippen molar-refractivity contribution in [2.24, 2.45) is 17.8 Å². The third-order valence-corrected chi connectivity index (χ3v) is 6.58. The fourth-order valence-electron chi connectivity index (χ4n) is 4.69. The van der Waals surface area contributed by atoms with Gasteiger partial charge in [0.1, 0.15) is 6.61 Å². The minimum absolute atomic E-state index is 0.0980. The van der Waals surface area contributed by atoms with E-state index in [0.29, 0.717) is 50.2 Å². The summed E-state index contributed by atoms with van der Waals surface area (Å²) in [5, 5.41) is 0. The number of hydrogen-bond acceptors (Lipinski definition) is 4. The van der Waals surface area contributed by atoms with E-state index < -0.39 is 18.1 Å². The molecule has 0 aromatic rings. The average Bonchev–Trinajstić information content (AvgIpc) is 2.71. The van der Waals surface area contributed by atoms with Gasteiger partial charge in [0, 0.05) is 37.3 Å². The second kappa shape index (κ2) is 8.43. The zero-order valence-electron chi connectivity index (χ0n) is 16.6. The van der Waals surface area contributed by atoms with Crippen LogP contribution in [-0.4, -0.2) is 67.7 Å². The smallest absolute Gasteiger partial charge is 0.391 e. The van der Waals surface area contributed by atoms with Crippen molar-refractivity contribution < 1.29 is 27.5 Å². The molecule has 2 aliphatic heterocycles. The van der Waals surface area contributed by atoms with Crippen LogP contribution in [0, 0.1) is 17.8 Å². The van der Waals surface area contributed by atoms with Crippen LogP contribution in [0.25, 0.3) is 0 Å². The van der Waals surface area contributed by atoms with E-state index in [1.807, 2.05) is 11.9 Å². The average molecular weight is 402 g/mol. The summed E-state index contributed by atoms with van der Waals surface area (Å²) in [6.07, 6.45) is -2.12. The molecule has 0 N–H and O–H groups in total. The van der Waals surface area contributed by atoms with Crippen LogP contribution in [0.3, 0.4) is 0 Å². The number of cyclic esters (lactones) is 1. The summed E-state index contributed by atoms with van der Waals surface area (Å²) >= 11 is 0. The van der Waals surface area contributed by atoms with Gasteiger partial charge in [0.2, 0.25) is 5.91 Å². The van der Waals surface area contributed by atoms with Crippen LogP contribution in [0.2, 0.25) is 0 Å². The first-order chi connectivity index (χ1) is 13.2. The van der Waals surface area contributed by atoms with Crippen molar-refractivity contribution in [1.82, 2.24) is 9.80 Å². The second-order valence-electron chi connectivity index (χ2n) is 8.40. The van der Waals surface area contributed by atoms with Gasteiger partial charge in [-0.25, -0.2) is 4.79 Å². The minimum Gasteiger partial charge on any atom is -0.461 e. The quantitative estimate of drug-likeness (QED) is 0.633. The molecule has 0 aromatic carbocycles. The van der Waals surface area contributed by atoms with Crippen LogP contribution in [0.15, 0.2) is 11.1 Å². The predicted molar refractivity (Wildman–Crippen MR) is 97.3 cm³/mol. The number of piperidine rings is 1. The number of alkyl halides is 3. The van der Waals surface area contributed by atoms with E-state index in [1.54, 1.807) is 11.8 Å². The van der Waals surface area contributed by atoms with E-state index >= 15 is 0 Å². The molecule has 28 heavy (non-hydrogen) atoms. The van der Waals surface area contributed by atoms with Gasteiger partial charge in [0.25, 0.3) is 0 Å². The Hall–Kier alpha value is -1.57. The van der Waals surface area contributed by atoms with Gasteiger partial charge in [-0.3, -0.25) is 4.79 Å². The van der Waals surface area contributed by atoms with Crippen molar-refractivity contribution >= 4 is 11.9 Å². The standard InChI is InChI=1S/C20H29F3N2O3/c1-13-17(6-7-24(2)9-10-28-19(13)27)18(26)25-8-5-14-3-4-16(20(21,22)23)11-15(14)12-25/h14-16H,3-12H2,1-2H3/b17-13+. The van der Waals surface area contributed by atoms with E-state index in [0.717, 1.165) is 6.42 Å². The van der Waals surface area contributed by atoms with Crippen molar-refractivity contribution in [2.75, 3.05) is 39.8 Å². The van der Waals surface area contributed by atoms with Crippen LogP contribution < -0.4 is 0 Å². The summed E-state index contributed by atoms with van der Waals surface area (Å²) in [5.74, 6) is -1.83. The highest BCUT2D eigenvalue weighted by Crippen LogP contribution is 2.45. The largest absolute Gasteiger partial charge is 0.461 e. The van der Waals surface area contributed by atoms with Crippen molar-refractivity contribution in [3.05, 3.63) is 11.1 Å². The van der Waals surface area contributed by atoms with Gasteiger partial charge in [-0.15, -0.1) is 0 Å². The number of likely N-dealkylation sites (tertiary alicyclic amines) is 1. The zero-order chi connectivity index (χ0) is 20.5. The summed E-state index contributed by atoms with van der Waals surface area (Å²) in [7, 11) is 1.90. The first-order valence-corrected chi connectivity index (χ1v) is 10.1. The van der Waals surface area contributed by atoms with Gasteiger partial charge >= 0.3 is 12.1 Å². The minimum atomic E-state index is -4.16. The summed E-state index contributed by atoms with van der Waals surface area (Å²) in [4.78, 5) is 29.0. The molecule has 0 spiro atoms. The molecule has 2 heterocycles. The first-order valence-electron chi connectivity index (χ1n) is 10.1. The summed E-state index contributed by atoms with van der Waals surface area (Å²) in [6, 6.07) is 0.